The van der Waals surface area contributed by atoms with Crippen LogP contribution in [0.25, 0.3) is 10.8 Å². The summed E-state index contributed by atoms with van der Waals surface area (Å²) >= 11 is 0. The summed E-state index contributed by atoms with van der Waals surface area (Å²) in [5.74, 6) is -0.779. The highest BCUT2D eigenvalue weighted by molar-refractivity contribution is 5.93. The Bertz CT molecular complexity index is 995. The maximum absolute atomic E-state index is 12.2. The topological polar surface area (TPSA) is 89.6 Å². The molecule has 132 valence electrons. The molecule has 3 aromatic rings. The van der Waals surface area contributed by atoms with E-state index >= 15 is 0 Å². The van der Waals surface area contributed by atoms with Gasteiger partial charge in [0.2, 0.25) is 5.91 Å². The molecular weight excluding hydrogens is 330 g/mol. The van der Waals surface area contributed by atoms with Gasteiger partial charge in [-0.3, -0.25) is 9.59 Å². The van der Waals surface area contributed by atoms with Gasteiger partial charge in [-0.2, -0.15) is 0 Å². The van der Waals surface area contributed by atoms with Gasteiger partial charge in [-0.1, -0.05) is 30.3 Å². The molecule has 1 amide bonds. The fourth-order valence-electron chi connectivity index (χ4n) is 3.04. The van der Waals surface area contributed by atoms with E-state index in [9.17, 15) is 14.7 Å². The van der Waals surface area contributed by atoms with Gasteiger partial charge in [-0.25, -0.2) is 0 Å². The minimum absolute atomic E-state index is 0.340. The third kappa shape index (κ3) is 2.88. The summed E-state index contributed by atoms with van der Waals surface area (Å²) in [7, 11) is 1.60. The maximum Gasteiger partial charge on any atom is 0.318 e. The Hall–Kier alpha value is -3.34. The van der Waals surface area contributed by atoms with Crippen molar-refractivity contribution in [2.24, 2.45) is 5.73 Å². The molecule has 3 aromatic carbocycles. The number of benzene rings is 3. The van der Waals surface area contributed by atoms with Crippen LogP contribution in [0.3, 0.4) is 0 Å². The van der Waals surface area contributed by atoms with Gasteiger partial charge in [0.15, 0.2) is 0 Å². The molecule has 1 atom stereocenters. The number of ether oxygens (including phenoxy) is 1. The normalized spacial score (nSPS) is 13.2. The molecule has 5 nitrogen and oxygen atoms in total. The van der Waals surface area contributed by atoms with E-state index in [1.54, 1.807) is 44.4 Å². The summed E-state index contributed by atoms with van der Waals surface area (Å²) in [5, 5.41) is 11.8. The number of carboxylic acid groups (broad SMARTS) is 1. The first kappa shape index (κ1) is 17.5. The molecule has 3 rings (SSSR count). The number of hydrogen-bond donors (Lipinski definition) is 2. The van der Waals surface area contributed by atoms with E-state index in [1.165, 1.54) is 0 Å². The Labute approximate surface area is 151 Å². The van der Waals surface area contributed by atoms with Crippen molar-refractivity contribution in [1.82, 2.24) is 0 Å². The molecule has 26 heavy (non-hydrogen) atoms. The number of methoxy groups -OCH3 is 1. The van der Waals surface area contributed by atoms with Gasteiger partial charge < -0.3 is 15.6 Å². The molecule has 0 aromatic heterocycles. The van der Waals surface area contributed by atoms with Crippen LogP contribution < -0.4 is 10.5 Å². The molecule has 0 bridgehead atoms. The average Bonchev–Trinajstić information content (AvgIpc) is 2.66. The lowest BCUT2D eigenvalue weighted by Gasteiger charge is -2.26. The van der Waals surface area contributed by atoms with Crippen LogP contribution in [0.5, 0.6) is 5.75 Å². The fraction of sp³-hybridized carbons (Fsp3) is 0.143. The molecule has 0 radical (unpaired) electrons. The Morgan fingerprint density at radius 3 is 2.08 bits per heavy atom. The number of primary amides is 1. The SMILES string of the molecule is COc1ccc2cc(C(C)(C(=O)O)c3ccc(C(N)=O)cc3)ccc2c1. The van der Waals surface area contributed by atoms with E-state index in [2.05, 4.69) is 0 Å². The quantitative estimate of drug-likeness (QED) is 0.739. The lowest BCUT2D eigenvalue weighted by atomic mass is 9.75. The summed E-state index contributed by atoms with van der Waals surface area (Å²) in [4.78, 5) is 23.4. The molecule has 0 aliphatic carbocycles. The van der Waals surface area contributed by atoms with Crippen LogP contribution in [0.2, 0.25) is 0 Å². The van der Waals surface area contributed by atoms with Crippen molar-refractivity contribution in [2.45, 2.75) is 12.3 Å². The lowest BCUT2D eigenvalue weighted by Crippen LogP contribution is -2.33. The van der Waals surface area contributed by atoms with Crippen molar-refractivity contribution in [3.8, 4) is 5.75 Å². The summed E-state index contributed by atoms with van der Waals surface area (Å²) in [6.45, 7) is 1.65. The predicted octanol–water partition coefficient (Wildman–Crippen LogP) is 3.34. The molecule has 0 saturated heterocycles. The molecule has 5 heteroatoms. The third-order valence-electron chi connectivity index (χ3n) is 4.80. The molecule has 0 spiro atoms. The largest absolute Gasteiger partial charge is 0.497 e. The summed E-state index contributed by atoms with van der Waals surface area (Å²) in [5.41, 5.74) is 5.56. The van der Waals surface area contributed by atoms with Gasteiger partial charge in [0.1, 0.15) is 11.2 Å². The Balaban J connectivity index is 2.13. The molecule has 1 unspecified atom stereocenters. The first-order chi connectivity index (χ1) is 12.4. The fourth-order valence-corrected chi connectivity index (χ4v) is 3.04. The summed E-state index contributed by atoms with van der Waals surface area (Å²) in [6, 6.07) is 17.5. The van der Waals surface area contributed by atoms with Crippen molar-refractivity contribution in [3.63, 3.8) is 0 Å². The second kappa shape index (κ2) is 6.52. The standard InChI is InChI=1S/C21H19NO4/c1-21(20(24)25,16-7-3-13(4-8-16)19(22)23)17-9-5-15-12-18(26-2)10-6-14(15)11-17/h3-12H,1-2H3,(H2,22,23)(H,24,25). The molecule has 0 fully saturated rings. The van der Waals surface area contributed by atoms with Crippen molar-refractivity contribution in [1.29, 1.82) is 0 Å². The highest BCUT2D eigenvalue weighted by Crippen LogP contribution is 2.35. The summed E-state index contributed by atoms with van der Waals surface area (Å²) in [6.07, 6.45) is 0. The number of fused-ring (bicyclic) bond motifs is 1. The Morgan fingerprint density at radius 2 is 1.50 bits per heavy atom. The van der Waals surface area contributed by atoms with Crippen LogP contribution in [-0.2, 0) is 10.2 Å². The third-order valence-corrected chi connectivity index (χ3v) is 4.80. The summed E-state index contributed by atoms with van der Waals surface area (Å²) < 4.78 is 5.23. The van der Waals surface area contributed by atoms with Crippen LogP contribution in [-0.4, -0.2) is 24.1 Å². The second-order valence-corrected chi connectivity index (χ2v) is 6.30. The zero-order valence-electron chi connectivity index (χ0n) is 14.5. The minimum atomic E-state index is -1.26. The van der Waals surface area contributed by atoms with Gasteiger partial charge in [-0.15, -0.1) is 0 Å². The molecule has 0 heterocycles. The highest BCUT2D eigenvalue weighted by atomic mass is 16.5. The van der Waals surface area contributed by atoms with Gasteiger partial charge in [-0.05, 0) is 59.2 Å². The molecule has 0 saturated carbocycles. The number of amides is 1. The zero-order chi connectivity index (χ0) is 18.9. The van der Waals surface area contributed by atoms with Gasteiger partial charge >= 0.3 is 5.97 Å². The van der Waals surface area contributed by atoms with Crippen LogP contribution in [0.4, 0.5) is 0 Å². The Kier molecular flexibility index (Phi) is 4.38. The smallest absolute Gasteiger partial charge is 0.318 e. The molecule has 0 aliphatic rings. The lowest BCUT2D eigenvalue weighted by molar-refractivity contribution is -0.141. The van der Waals surface area contributed by atoms with E-state index in [0.717, 1.165) is 16.5 Å². The van der Waals surface area contributed by atoms with Crippen LogP contribution in [0.15, 0.2) is 60.7 Å². The number of carbonyl (C=O) groups is 2. The van der Waals surface area contributed by atoms with Crippen LogP contribution >= 0.6 is 0 Å². The monoisotopic (exact) mass is 349 g/mol. The van der Waals surface area contributed by atoms with Crippen LogP contribution in [0, 0.1) is 0 Å². The van der Waals surface area contributed by atoms with E-state index in [-0.39, 0.29) is 0 Å². The number of nitrogens with two attached hydrogens (primary N) is 1. The van der Waals surface area contributed by atoms with Crippen molar-refractivity contribution in [2.75, 3.05) is 7.11 Å². The minimum Gasteiger partial charge on any atom is -0.497 e. The van der Waals surface area contributed by atoms with E-state index in [4.69, 9.17) is 10.5 Å². The van der Waals surface area contributed by atoms with E-state index in [0.29, 0.717) is 16.7 Å². The zero-order valence-corrected chi connectivity index (χ0v) is 14.5. The second-order valence-electron chi connectivity index (χ2n) is 6.30. The molecule has 0 aliphatic heterocycles. The van der Waals surface area contributed by atoms with Crippen LogP contribution in [0.1, 0.15) is 28.4 Å². The van der Waals surface area contributed by atoms with E-state index < -0.39 is 17.3 Å². The first-order valence-corrected chi connectivity index (χ1v) is 8.08. The number of hydrogen-bond acceptors (Lipinski definition) is 3. The van der Waals surface area contributed by atoms with Crippen molar-refractivity contribution < 1.29 is 19.4 Å². The number of aliphatic carboxylic acids is 1. The number of carboxylic acids is 1. The Morgan fingerprint density at radius 1 is 0.923 bits per heavy atom. The van der Waals surface area contributed by atoms with E-state index in [1.807, 2.05) is 30.3 Å². The number of rotatable bonds is 5. The van der Waals surface area contributed by atoms with Gasteiger partial charge in [0.25, 0.3) is 0 Å². The molecular formula is C21H19NO4. The van der Waals surface area contributed by atoms with Crippen molar-refractivity contribution >= 4 is 22.6 Å². The average molecular weight is 349 g/mol. The maximum atomic E-state index is 12.2. The first-order valence-electron chi connectivity index (χ1n) is 8.08. The van der Waals surface area contributed by atoms with Crippen molar-refractivity contribution in [3.05, 3.63) is 77.4 Å². The molecule has 3 N–H and O–H groups in total. The van der Waals surface area contributed by atoms with Gasteiger partial charge in [0, 0.05) is 5.56 Å². The highest BCUT2D eigenvalue weighted by Gasteiger charge is 2.37. The number of carbonyl (C=O) groups excluding carboxylic acids is 1. The van der Waals surface area contributed by atoms with Gasteiger partial charge in [0.05, 0.1) is 7.11 Å². The predicted molar refractivity (Wildman–Crippen MR) is 99.5 cm³/mol.